The highest BCUT2D eigenvalue weighted by Gasteiger charge is 2.46. The maximum Gasteiger partial charge on any atom is 0.234 e. The number of aryl methyl sites for hydroxylation is 3. The van der Waals surface area contributed by atoms with E-state index in [-0.39, 0.29) is 19.0 Å². The van der Waals surface area contributed by atoms with Gasteiger partial charge in [-0.25, -0.2) is 0 Å². The third kappa shape index (κ3) is 2.56. The molecule has 2 nitrogen and oxygen atoms in total. The Labute approximate surface area is 117 Å². The molecule has 1 aliphatic rings. The van der Waals surface area contributed by atoms with Crippen molar-refractivity contribution in [3.63, 3.8) is 0 Å². The van der Waals surface area contributed by atoms with Crippen LogP contribution in [0.25, 0.3) is 0 Å². The van der Waals surface area contributed by atoms with Crippen molar-refractivity contribution < 1.29 is 4.79 Å². The second-order valence-electron chi connectivity index (χ2n) is 6.01. The minimum Gasteiger partial charge on any atom is -0.325 e. The van der Waals surface area contributed by atoms with Crippen molar-refractivity contribution in [1.29, 1.82) is 0 Å². The Kier molecular flexibility index (Phi) is 4.01. The molecule has 104 valence electrons. The summed E-state index contributed by atoms with van der Waals surface area (Å²) in [5.74, 6) is 0.241. The van der Waals surface area contributed by atoms with E-state index in [2.05, 4.69) is 51.6 Å². The molecule has 1 amide bonds. The van der Waals surface area contributed by atoms with E-state index in [0.29, 0.717) is 0 Å². The zero-order valence-electron chi connectivity index (χ0n) is 12.6. The van der Waals surface area contributed by atoms with Crippen molar-refractivity contribution in [2.45, 2.75) is 45.2 Å². The van der Waals surface area contributed by atoms with Gasteiger partial charge in [-0.2, -0.15) is 0 Å². The number of carbonyl (C=O) groups is 1. The van der Waals surface area contributed by atoms with Gasteiger partial charge in [0, 0.05) is 5.69 Å². The summed E-state index contributed by atoms with van der Waals surface area (Å²) in [6.07, 6.45) is 3.31. The Hall–Kier alpha value is -0.880. The monoisotopic (exact) mass is 277 g/mol. The molecule has 19 heavy (non-hydrogen) atoms. The molecule has 0 heterocycles. The van der Waals surface area contributed by atoms with E-state index < -0.39 is 0 Å². The lowest BCUT2D eigenvalue weighted by molar-refractivity contribution is -0.120. The van der Waals surface area contributed by atoms with Gasteiger partial charge in [-0.1, -0.05) is 32.0 Å². The van der Waals surface area contributed by atoms with Crippen molar-refractivity contribution in [2.75, 3.05) is 18.6 Å². The lowest BCUT2D eigenvalue weighted by atomic mass is 9.83. The van der Waals surface area contributed by atoms with Crippen molar-refractivity contribution in [3.8, 4) is 0 Å². The maximum absolute atomic E-state index is 12.7. The lowest BCUT2D eigenvalue weighted by Crippen LogP contribution is -2.46. The summed E-state index contributed by atoms with van der Waals surface area (Å²) < 4.78 is 0. The molecule has 3 heteroatoms. The first-order valence-electron chi connectivity index (χ1n) is 6.93. The molecule has 0 saturated heterocycles. The number of nitrogens with one attached hydrogen (secondary N) is 1. The quantitative estimate of drug-likeness (QED) is 0.824. The zero-order valence-corrected chi connectivity index (χ0v) is 13.5. The van der Waals surface area contributed by atoms with E-state index in [4.69, 9.17) is 0 Å². The van der Waals surface area contributed by atoms with Crippen LogP contribution in [0.1, 0.15) is 36.0 Å². The van der Waals surface area contributed by atoms with Crippen LogP contribution in [0.4, 0.5) is 5.69 Å². The van der Waals surface area contributed by atoms with Crippen LogP contribution in [0.15, 0.2) is 12.1 Å². The van der Waals surface area contributed by atoms with Crippen LogP contribution in [-0.2, 0) is 4.79 Å². The number of benzene rings is 1. The largest absolute Gasteiger partial charge is 0.325 e. The average molecular weight is 277 g/mol. The first kappa shape index (κ1) is 14.5. The Bertz CT molecular complexity index is 480. The van der Waals surface area contributed by atoms with E-state index in [1.165, 1.54) is 12.0 Å². The van der Waals surface area contributed by atoms with Gasteiger partial charge >= 0.3 is 0 Å². The van der Waals surface area contributed by atoms with Crippen LogP contribution < -0.4 is 5.32 Å². The molecule has 0 radical (unpaired) electrons. The number of hydrogen-bond donors (Lipinski definition) is 1. The highest BCUT2D eigenvalue weighted by molar-refractivity contribution is 7.59. The fraction of sp³-hybridized carbons (Fsp3) is 0.562. The van der Waals surface area contributed by atoms with E-state index in [1.54, 1.807) is 0 Å². The molecule has 0 spiro atoms. The van der Waals surface area contributed by atoms with Crippen molar-refractivity contribution in [3.05, 3.63) is 28.8 Å². The third-order valence-corrected chi connectivity index (χ3v) is 6.74. The summed E-state index contributed by atoms with van der Waals surface area (Å²) in [4.78, 5) is 12.7. The van der Waals surface area contributed by atoms with E-state index in [0.717, 1.165) is 29.7 Å². The predicted molar refractivity (Wildman–Crippen MR) is 84.6 cm³/mol. The van der Waals surface area contributed by atoms with Gasteiger partial charge in [-0.05, 0) is 58.1 Å². The average Bonchev–Trinajstić information content (AvgIpc) is 2.20. The van der Waals surface area contributed by atoms with Gasteiger partial charge in [0.1, 0.15) is 0 Å². The summed E-state index contributed by atoms with van der Waals surface area (Å²) in [5.41, 5.74) is 4.59. The van der Waals surface area contributed by atoms with Gasteiger partial charge < -0.3 is 5.32 Å². The van der Waals surface area contributed by atoms with Crippen molar-refractivity contribution in [1.82, 2.24) is 0 Å². The van der Waals surface area contributed by atoms with Crippen molar-refractivity contribution >= 4 is 19.5 Å². The van der Waals surface area contributed by atoms with Gasteiger partial charge in [-0.15, -0.1) is 0 Å². The third-order valence-electron chi connectivity index (χ3n) is 4.37. The molecule has 1 aromatic carbocycles. The van der Waals surface area contributed by atoms with Crippen LogP contribution in [-0.4, -0.2) is 24.4 Å². The highest BCUT2D eigenvalue weighted by atomic mass is 31.1. The van der Waals surface area contributed by atoms with Gasteiger partial charge in [0.05, 0.1) is 5.16 Å². The molecule has 1 aliphatic carbocycles. The van der Waals surface area contributed by atoms with Crippen LogP contribution in [0.5, 0.6) is 0 Å². The second-order valence-corrected chi connectivity index (χ2v) is 8.65. The van der Waals surface area contributed by atoms with Crippen LogP contribution >= 0.6 is 7.92 Å². The summed E-state index contributed by atoms with van der Waals surface area (Å²) in [5, 5.41) is 3.14. The normalized spacial score (nSPS) is 17.2. The fourth-order valence-electron chi connectivity index (χ4n) is 3.00. The number of amides is 1. The molecule has 1 aromatic rings. The lowest BCUT2D eigenvalue weighted by Gasteiger charge is -2.44. The molecule has 1 N–H and O–H groups in total. The smallest absolute Gasteiger partial charge is 0.234 e. The van der Waals surface area contributed by atoms with E-state index in [1.807, 2.05) is 0 Å². The summed E-state index contributed by atoms with van der Waals surface area (Å²) in [6.45, 7) is 10.7. The van der Waals surface area contributed by atoms with Gasteiger partial charge in [0.2, 0.25) is 5.91 Å². The summed E-state index contributed by atoms with van der Waals surface area (Å²) >= 11 is 0. The number of carbonyl (C=O) groups excluding carboxylic acids is 1. The minimum atomic E-state index is -0.232. The molecule has 0 aromatic heterocycles. The molecule has 0 aliphatic heterocycles. The summed E-state index contributed by atoms with van der Waals surface area (Å²) in [7, 11) is -0.232. The van der Waals surface area contributed by atoms with Gasteiger partial charge in [0.25, 0.3) is 0 Å². The molecule has 1 saturated carbocycles. The predicted octanol–water partition coefficient (Wildman–Crippen LogP) is 4.21. The maximum atomic E-state index is 12.7. The van der Waals surface area contributed by atoms with E-state index >= 15 is 0 Å². The van der Waals surface area contributed by atoms with E-state index in [9.17, 15) is 4.79 Å². The first-order chi connectivity index (χ1) is 8.86. The van der Waals surface area contributed by atoms with Gasteiger partial charge in [-0.3, -0.25) is 4.79 Å². The number of rotatable bonds is 3. The molecule has 0 atom stereocenters. The molecular weight excluding hydrogens is 253 g/mol. The topological polar surface area (TPSA) is 29.1 Å². The van der Waals surface area contributed by atoms with Crippen LogP contribution in [0.2, 0.25) is 0 Å². The SMILES string of the molecule is Cc1cc(C)c(NC(=O)C2(P(C)C)CCC2)c(C)c1. The Morgan fingerprint density at radius 1 is 1.16 bits per heavy atom. The molecule has 2 rings (SSSR count). The Balaban J connectivity index is 2.24. The standard InChI is InChI=1S/C16H24NOP/c1-11-9-12(2)14(13(3)10-11)17-15(18)16(19(4)5)7-6-8-16/h9-10H,6-8H2,1-5H3,(H,17,18). The fourth-order valence-corrected chi connectivity index (χ4v) is 4.67. The van der Waals surface area contributed by atoms with Crippen LogP contribution in [0.3, 0.4) is 0 Å². The van der Waals surface area contributed by atoms with Gasteiger partial charge in [0.15, 0.2) is 0 Å². The Morgan fingerprint density at radius 3 is 2.05 bits per heavy atom. The first-order valence-corrected chi connectivity index (χ1v) is 9.17. The molecule has 1 fully saturated rings. The highest BCUT2D eigenvalue weighted by Crippen LogP contribution is 2.56. The number of anilines is 1. The summed E-state index contributed by atoms with van der Waals surface area (Å²) in [6, 6.07) is 4.27. The zero-order chi connectivity index (χ0) is 14.2. The second kappa shape index (κ2) is 5.25. The molecule has 0 bridgehead atoms. The minimum absolute atomic E-state index is 0.0703. The molecule has 0 unspecified atom stereocenters. The van der Waals surface area contributed by atoms with Crippen LogP contribution in [0, 0.1) is 20.8 Å². The Morgan fingerprint density at radius 2 is 1.68 bits per heavy atom. The van der Waals surface area contributed by atoms with Crippen molar-refractivity contribution in [2.24, 2.45) is 0 Å². The molecular formula is C16H24NOP. The number of hydrogen-bond acceptors (Lipinski definition) is 1.